The minimum absolute atomic E-state index is 0.0548. The Morgan fingerprint density at radius 1 is 1.29 bits per heavy atom. The molecule has 118 valence electrons. The maximum Gasteiger partial charge on any atom is 0.260 e. The van der Waals surface area contributed by atoms with Crippen LogP contribution >= 0.6 is 0 Å². The third kappa shape index (κ3) is 5.76. The fourth-order valence-electron chi connectivity index (χ4n) is 2.07. The molecule has 0 aromatic heterocycles. The summed E-state index contributed by atoms with van der Waals surface area (Å²) in [6.07, 6.45) is 0.217. The van der Waals surface area contributed by atoms with Gasteiger partial charge in [-0.25, -0.2) is 0 Å². The lowest BCUT2D eigenvalue weighted by atomic mass is 10.0. The zero-order valence-corrected chi connectivity index (χ0v) is 13.8. The summed E-state index contributed by atoms with van der Waals surface area (Å²) in [7, 11) is 0. The molecule has 0 saturated carbocycles. The Labute approximate surface area is 128 Å². The molecule has 2 unspecified atom stereocenters. The Morgan fingerprint density at radius 2 is 1.95 bits per heavy atom. The van der Waals surface area contributed by atoms with Crippen molar-refractivity contribution in [2.75, 3.05) is 6.54 Å². The van der Waals surface area contributed by atoms with Gasteiger partial charge in [0, 0.05) is 12.6 Å². The molecular formula is C17H28N2O2. The first-order valence-corrected chi connectivity index (χ1v) is 7.59. The van der Waals surface area contributed by atoms with Gasteiger partial charge in [0.2, 0.25) is 0 Å². The van der Waals surface area contributed by atoms with Crippen LogP contribution in [0.1, 0.15) is 38.8 Å². The van der Waals surface area contributed by atoms with E-state index in [-0.39, 0.29) is 11.9 Å². The van der Waals surface area contributed by atoms with E-state index in [4.69, 9.17) is 10.5 Å². The van der Waals surface area contributed by atoms with Gasteiger partial charge in [-0.3, -0.25) is 4.79 Å². The zero-order chi connectivity index (χ0) is 16.0. The summed E-state index contributed by atoms with van der Waals surface area (Å²) in [4.78, 5) is 12.0. The molecule has 0 saturated heterocycles. The molecule has 3 N–H and O–H groups in total. The van der Waals surface area contributed by atoms with Gasteiger partial charge in [0.1, 0.15) is 5.75 Å². The molecule has 0 aliphatic heterocycles. The first kappa shape index (κ1) is 17.5. The summed E-state index contributed by atoms with van der Waals surface area (Å²) >= 11 is 0. The lowest BCUT2D eigenvalue weighted by molar-refractivity contribution is -0.127. The van der Waals surface area contributed by atoms with Crippen molar-refractivity contribution >= 4 is 5.91 Å². The zero-order valence-electron chi connectivity index (χ0n) is 13.8. The number of rotatable bonds is 7. The van der Waals surface area contributed by atoms with Crippen molar-refractivity contribution in [2.24, 2.45) is 11.7 Å². The van der Waals surface area contributed by atoms with Crippen molar-refractivity contribution in [2.45, 2.75) is 53.2 Å². The summed E-state index contributed by atoms with van der Waals surface area (Å²) in [5.74, 6) is 1.12. The predicted molar refractivity (Wildman–Crippen MR) is 86.5 cm³/mol. The van der Waals surface area contributed by atoms with E-state index in [9.17, 15) is 4.79 Å². The van der Waals surface area contributed by atoms with E-state index >= 15 is 0 Å². The number of nitrogens with two attached hydrogens (primary N) is 1. The Morgan fingerprint density at radius 3 is 2.52 bits per heavy atom. The molecule has 0 heterocycles. The van der Waals surface area contributed by atoms with Crippen LogP contribution in [0.2, 0.25) is 0 Å². The number of nitrogens with one attached hydrogen (secondary N) is 1. The van der Waals surface area contributed by atoms with Crippen molar-refractivity contribution in [1.29, 1.82) is 0 Å². The fraction of sp³-hybridized carbons (Fsp3) is 0.588. The van der Waals surface area contributed by atoms with Crippen LogP contribution in [0.25, 0.3) is 0 Å². The molecule has 1 aromatic rings. The molecule has 21 heavy (non-hydrogen) atoms. The third-order valence-corrected chi connectivity index (χ3v) is 3.18. The molecule has 0 spiro atoms. The van der Waals surface area contributed by atoms with E-state index < -0.39 is 6.10 Å². The summed E-state index contributed by atoms with van der Waals surface area (Å²) in [6, 6.07) is 6.03. The fourth-order valence-corrected chi connectivity index (χ4v) is 2.07. The number of para-hydroxylation sites is 1. The van der Waals surface area contributed by atoms with E-state index in [2.05, 4.69) is 19.2 Å². The molecule has 2 atom stereocenters. The molecule has 1 rings (SSSR count). The number of carbonyl (C=O) groups excluding carboxylic acids is 1. The monoisotopic (exact) mass is 292 g/mol. The number of amides is 1. The SMILES string of the molecule is Cc1cccc(CC(C)N)c1OC(C)C(=O)NCC(C)C. The summed E-state index contributed by atoms with van der Waals surface area (Å²) in [5.41, 5.74) is 7.95. The Kier molecular flexibility index (Phi) is 6.69. The molecule has 0 aliphatic carbocycles. The molecule has 4 nitrogen and oxygen atoms in total. The Hall–Kier alpha value is -1.55. The van der Waals surface area contributed by atoms with Crippen LogP contribution in [0.5, 0.6) is 5.75 Å². The first-order chi connectivity index (χ1) is 9.81. The van der Waals surface area contributed by atoms with E-state index in [1.54, 1.807) is 6.92 Å². The highest BCUT2D eigenvalue weighted by atomic mass is 16.5. The van der Waals surface area contributed by atoms with Crippen molar-refractivity contribution in [3.63, 3.8) is 0 Å². The van der Waals surface area contributed by atoms with Gasteiger partial charge in [0.05, 0.1) is 0 Å². The maximum absolute atomic E-state index is 12.0. The molecule has 4 heteroatoms. The summed E-state index contributed by atoms with van der Waals surface area (Å²) < 4.78 is 5.90. The van der Waals surface area contributed by atoms with Crippen LogP contribution in [0.15, 0.2) is 18.2 Å². The van der Waals surface area contributed by atoms with Gasteiger partial charge in [-0.15, -0.1) is 0 Å². The first-order valence-electron chi connectivity index (χ1n) is 7.59. The summed E-state index contributed by atoms with van der Waals surface area (Å²) in [5, 5.41) is 2.89. The predicted octanol–water partition coefficient (Wildman–Crippen LogP) is 2.42. The maximum atomic E-state index is 12.0. The van der Waals surface area contributed by atoms with E-state index in [1.807, 2.05) is 32.0 Å². The van der Waals surface area contributed by atoms with Crippen LogP contribution in [0.4, 0.5) is 0 Å². The van der Waals surface area contributed by atoms with Crippen molar-refractivity contribution in [1.82, 2.24) is 5.32 Å². The van der Waals surface area contributed by atoms with Gasteiger partial charge in [-0.05, 0) is 44.2 Å². The van der Waals surface area contributed by atoms with Gasteiger partial charge in [0.15, 0.2) is 6.10 Å². The van der Waals surface area contributed by atoms with Gasteiger partial charge < -0.3 is 15.8 Å². The van der Waals surface area contributed by atoms with E-state index in [1.165, 1.54) is 0 Å². The average molecular weight is 292 g/mol. The minimum atomic E-state index is -0.517. The summed E-state index contributed by atoms with van der Waals surface area (Å²) in [6.45, 7) is 10.5. The number of carbonyl (C=O) groups is 1. The third-order valence-electron chi connectivity index (χ3n) is 3.18. The van der Waals surface area contributed by atoms with Gasteiger partial charge in [-0.2, -0.15) is 0 Å². The molecule has 0 fully saturated rings. The van der Waals surface area contributed by atoms with Crippen LogP contribution in [0, 0.1) is 12.8 Å². The van der Waals surface area contributed by atoms with E-state index in [0.29, 0.717) is 12.5 Å². The minimum Gasteiger partial charge on any atom is -0.480 e. The van der Waals surface area contributed by atoms with Crippen LogP contribution in [-0.4, -0.2) is 24.6 Å². The van der Waals surface area contributed by atoms with Crippen LogP contribution < -0.4 is 15.8 Å². The van der Waals surface area contributed by atoms with Crippen molar-refractivity contribution in [3.8, 4) is 5.75 Å². The van der Waals surface area contributed by atoms with E-state index in [0.717, 1.165) is 23.3 Å². The molecule has 1 amide bonds. The topological polar surface area (TPSA) is 64.3 Å². The normalized spacial score (nSPS) is 13.9. The molecule has 1 aromatic carbocycles. The van der Waals surface area contributed by atoms with Crippen LogP contribution in [-0.2, 0) is 11.2 Å². The second-order valence-corrected chi connectivity index (χ2v) is 6.14. The highest BCUT2D eigenvalue weighted by Gasteiger charge is 2.18. The standard InChI is InChI=1S/C17H28N2O2/c1-11(2)10-19-17(20)14(5)21-16-12(3)7-6-8-15(16)9-13(4)18/h6-8,11,13-14H,9-10,18H2,1-5H3,(H,19,20). The highest BCUT2D eigenvalue weighted by Crippen LogP contribution is 2.25. The largest absolute Gasteiger partial charge is 0.480 e. The smallest absolute Gasteiger partial charge is 0.260 e. The van der Waals surface area contributed by atoms with Crippen molar-refractivity contribution < 1.29 is 9.53 Å². The van der Waals surface area contributed by atoms with Gasteiger partial charge in [0.25, 0.3) is 5.91 Å². The number of hydrogen-bond acceptors (Lipinski definition) is 3. The highest BCUT2D eigenvalue weighted by molar-refractivity contribution is 5.80. The lowest BCUT2D eigenvalue weighted by Crippen LogP contribution is -2.38. The van der Waals surface area contributed by atoms with Gasteiger partial charge >= 0.3 is 0 Å². The number of aryl methyl sites for hydroxylation is 1. The molecular weight excluding hydrogens is 264 g/mol. The Bertz CT molecular complexity index is 470. The second kappa shape index (κ2) is 8.03. The molecule has 0 radical (unpaired) electrons. The molecule has 0 bridgehead atoms. The van der Waals surface area contributed by atoms with Gasteiger partial charge in [-0.1, -0.05) is 32.0 Å². The number of benzene rings is 1. The molecule has 0 aliphatic rings. The quantitative estimate of drug-likeness (QED) is 0.811. The van der Waals surface area contributed by atoms with Crippen LogP contribution in [0.3, 0.4) is 0 Å². The van der Waals surface area contributed by atoms with Crippen molar-refractivity contribution in [3.05, 3.63) is 29.3 Å². The Balaban J connectivity index is 2.79. The average Bonchev–Trinajstić information content (AvgIpc) is 2.39. The number of hydrogen-bond donors (Lipinski definition) is 2. The second-order valence-electron chi connectivity index (χ2n) is 6.14. The lowest BCUT2D eigenvalue weighted by Gasteiger charge is -2.20. The number of ether oxygens (including phenoxy) is 1.